The molecule has 0 fully saturated rings. The molecule has 0 radical (unpaired) electrons. The van der Waals surface area contributed by atoms with E-state index in [2.05, 4.69) is 10.3 Å². The molecule has 0 atom stereocenters. The highest BCUT2D eigenvalue weighted by molar-refractivity contribution is 5.80. The van der Waals surface area contributed by atoms with Crippen molar-refractivity contribution in [1.29, 1.82) is 0 Å². The molecule has 2 rings (SSSR count). The van der Waals surface area contributed by atoms with Crippen molar-refractivity contribution in [1.82, 2.24) is 0 Å². The van der Waals surface area contributed by atoms with Crippen LogP contribution in [0.3, 0.4) is 0 Å². The van der Waals surface area contributed by atoms with Crippen LogP contribution in [0.5, 0.6) is 11.5 Å². The summed E-state index contributed by atoms with van der Waals surface area (Å²) in [7, 11) is 0. The summed E-state index contributed by atoms with van der Waals surface area (Å²) in [6.07, 6.45) is 2.13. The van der Waals surface area contributed by atoms with Crippen molar-refractivity contribution in [3.05, 3.63) is 70.5 Å². The first-order valence-corrected chi connectivity index (χ1v) is 6.29. The molecule has 0 aliphatic rings. The van der Waals surface area contributed by atoms with Gasteiger partial charge in [0, 0.05) is 0 Å². The molecule has 7 nitrogen and oxygen atoms in total. The number of nitrogens with zero attached hydrogens (tertiary/aromatic N) is 2. The number of nitrogens with one attached hydrogen (secondary N) is 1. The van der Waals surface area contributed by atoms with E-state index in [0.29, 0.717) is 5.69 Å². The van der Waals surface area contributed by atoms with Gasteiger partial charge in [0.2, 0.25) is 0 Å². The summed E-state index contributed by atoms with van der Waals surface area (Å²) >= 11 is 0. The van der Waals surface area contributed by atoms with Gasteiger partial charge in [-0.2, -0.15) is 0 Å². The first-order valence-electron chi connectivity index (χ1n) is 6.29. The second-order valence-corrected chi connectivity index (χ2v) is 4.23. The molecule has 0 spiro atoms. The zero-order valence-corrected chi connectivity index (χ0v) is 11.4. The molecule has 3 N–H and O–H groups in total. The molecule has 2 aromatic carbocycles. The van der Waals surface area contributed by atoms with Crippen molar-refractivity contribution in [3.63, 3.8) is 0 Å². The van der Waals surface area contributed by atoms with E-state index in [0.717, 1.165) is 12.4 Å². The van der Waals surface area contributed by atoms with Gasteiger partial charge in [-0.15, -0.1) is 0 Å². The summed E-state index contributed by atoms with van der Waals surface area (Å²) in [6.45, 7) is 0. The predicted octanol–water partition coefficient (Wildman–Crippen LogP) is 3.03. The lowest BCUT2D eigenvalue weighted by Gasteiger charge is -2.02. The standard InChI is InChI=1S/C15H13N3O4/c19-14-7-3-1-5-12(14)16-9-11(18(21)22)10-17-13-6-2-4-8-15(13)20/h1-10,16,19-20H/b11-9-,17-10?. The minimum atomic E-state index is -0.628. The molecule has 0 unspecified atom stereocenters. The van der Waals surface area contributed by atoms with E-state index in [9.17, 15) is 20.3 Å². The van der Waals surface area contributed by atoms with Crippen LogP contribution in [0.1, 0.15) is 0 Å². The fourth-order valence-electron chi connectivity index (χ4n) is 1.59. The van der Waals surface area contributed by atoms with Crippen LogP contribution in [-0.4, -0.2) is 21.4 Å². The normalized spacial score (nSPS) is 11.5. The third-order valence-electron chi connectivity index (χ3n) is 2.71. The van der Waals surface area contributed by atoms with Gasteiger partial charge >= 0.3 is 5.70 Å². The van der Waals surface area contributed by atoms with Gasteiger partial charge in [0.05, 0.1) is 16.8 Å². The predicted molar refractivity (Wildman–Crippen MR) is 83.1 cm³/mol. The first kappa shape index (κ1) is 15.0. The number of hydrogen-bond acceptors (Lipinski definition) is 6. The molecule has 112 valence electrons. The van der Waals surface area contributed by atoms with Gasteiger partial charge in [-0.25, -0.2) is 4.99 Å². The molecule has 0 aliphatic heterocycles. The molecule has 22 heavy (non-hydrogen) atoms. The number of allylic oxidation sites excluding steroid dienone is 1. The van der Waals surface area contributed by atoms with Crippen molar-refractivity contribution in [2.45, 2.75) is 0 Å². The van der Waals surface area contributed by atoms with Gasteiger partial charge in [-0.05, 0) is 24.3 Å². The Morgan fingerprint density at radius 2 is 1.73 bits per heavy atom. The van der Waals surface area contributed by atoms with Gasteiger partial charge in [-0.1, -0.05) is 24.3 Å². The fourth-order valence-corrected chi connectivity index (χ4v) is 1.59. The van der Waals surface area contributed by atoms with Crippen LogP contribution in [0.15, 0.2) is 65.4 Å². The Labute approximate surface area is 126 Å². The lowest BCUT2D eigenvalue weighted by atomic mass is 10.3. The number of benzene rings is 2. The monoisotopic (exact) mass is 299 g/mol. The average Bonchev–Trinajstić information content (AvgIpc) is 2.50. The maximum atomic E-state index is 11.0. The van der Waals surface area contributed by atoms with E-state index in [-0.39, 0.29) is 22.9 Å². The van der Waals surface area contributed by atoms with Crippen molar-refractivity contribution in [3.8, 4) is 11.5 Å². The molecule has 0 saturated heterocycles. The number of hydrogen-bond donors (Lipinski definition) is 3. The Hall–Kier alpha value is -3.35. The summed E-state index contributed by atoms with van der Waals surface area (Å²) in [6, 6.07) is 12.6. The molecule has 0 saturated carbocycles. The number of nitro groups is 1. The Kier molecular flexibility index (Phi) is 4.71. The number of phenolic OH excluding ortho intramolecular Hbond substituents is 2. The molecule has 0 aliphatic carbocycles. The zero-order chi connectivity index (χ0) is 15.9. The van der Waals surface area contributed by atoms with Gasteiger partial charge in [-0.3, -0.25) is 10.1 Å². The quantitative estimate of drug-likeness (QED) is 0.340. The first-order chi connectivity index (χ1) is 10.6. The number of rotatable bonds is 5. The minimum absolute atomic E-state index is 0.0286. The Balaban J connectivity index is 2.20. The van der Waals surface area contributed by atoms with E-state index >= 15 is 0 Å². The topological polar surface area (TPSA) is 108 Å². The number of aliphatic imine (C=N–C) groups is 1. The van der Waals surface area contributed by atoms with Crippen molar-refractivity contribution in [2.24, 2.45) is 4.99 Å². The molecule has 0 heterocycles. The summed E-state index contributed by atoms with van der Waals surface area (Å²) < 4.78 is 0. The molecular formula is C15H13N3O4. The van der Waals surface area contributed by atoms with Crippen LogP contribution >= 0.6 is 0 Å². The maximum absolute atomic E-state index is 11.0. The van der Waals surface area contributed by atoms with Gasteiger partial charge < -0.3 is 15.5 Å². The van der Waals surface area contributed by atoms with Crippen molar-refractivity contribution < 1.29 is 15.1 Å². The average molecular weight is 299 g/mol. The number of aromatic hydroxyl groups is 2. The molecule has 0 amide bonds. The Morgan fingerprint density at radius 1 is 1.09 bits per heavy atom. The number of anilines is 1. The van der Waals surface area contributed by atoms with Crippen molar-refractivity contribution in [2.75, 3.05) is 5.32 Å². The van der Waals surface area contributed by atoms with E-state index < -0.39 is 4.92 Å². The maximum Gasteiger partial charge on any atom is 0.303 e. The lowest BCUT2D eigenvalue weighted by molar-refractivity contribution is -0.414. The molecule has 0 aromatic heterocycles. The van der Waals surface area contributed by atoms with Gasteiger partial charge in [0.1, 0.15) is 23.4 Å². The highest BCUT2D eigenvalue weighted by Crippen LogP contribution is 2.25. The minimum Gasteiger partial charge on any atom is -0.506 e. The third kappa shape index (κ3) is 3.83. The second-order valence-electron chi connectivity index (χ2n) is 4.23. The summed E-state index contributed by atoms with van der Waals surface area (Å²) in [4.78, 5) is 14.2. The zero-order valence-electron chi connectivity index (χ0n) is 11.4. The van der Waals surface area contributed by atoms with Crippen molar-refractivity contribution >= 4 is 17.6 Å². The molecule has 2 aromatic rings. The summed E-state index contributed by atoms with van der Waals surface area (Å²) in [5, 5.41) is 32.8. The SMILES string of the molecule is O=[N+]([O-])/C(C=Nc1ccccc1O)=C\Nc1ccccc1O. The van der Waals surface area contributed by atoms with Crippen LogP contribution in [0.2, 0.25) is 0 Å². The number of phenols is 2. The highest BCUT2D eigenvalue weighted by Gasteiger charge is 2.08. The largest absolute Gasteiger partial charge is 0.506 e. The lowest BCUT2D eigenvalue weighted by Crippen LogP contribution is -2.03. The molecular weight excluding hydrogens is 286 g/mol. The number of para-hydroxylation sites is 4. The fraction of sp³-hybridized carbons (Fsp3) is 0. The van der Waals surface area contributed by atoms with Gasteiger partial charge in [0.15, 0.2) is 0 Å². The van der Waals surface area contributed by atoms with Crippen LogP contribution in [-0.2, 0) is 0 Å². The Morgan fingerprint density at radius 3 is 2.36 bits per heavy atom. The smallest absolute Gasteiger partial charge is 0.303 e. The van der Waals surface area contributed by atoms with E-state index in [1.165, 1.54) is 18.2 Å². The van der Waals surface area contributed by atoms with Gasteiger partial charge in [0.25, 0.3) is 0 Å². The second kappa shape index (κ2) is 6.89. The molecule has 0 bridgehead atoms. The van der Waals surface area contributed by atoms with E-state index in [4.69, 9.17) is 0 Å². The van der Waals surface area contributed by atoms with E-state index in [1.54, 1.807) is 30.3 Å². The summed E-state index contributed by atoms with van der Waals surface area (Å²) in [5.41, 5.74) is 0.224. The van der Waals surface area contributed by atoms with Crippen LogP contribution in [0.4, 0.5) is 11.4 Å². The van der Waals surface area contributed by atoms with Crippen LogP contribution in [0.25, 0.3) is 0 Å². The Bertz CT molecular complexity index is 741. The van der Waals surface area contributed by atoms with Crippen LogP contribution < -0.4 is 5.32 Å². The van der Waals surface area contributed by atoms with Crippen LogP contribution in [0, 0.1) is 10.1 Å². The highest BCUT2D eigenvalue weighted by atomic mass is 16.6. The molecule has 7 heteroatoms. The third-order valence-corrected chi connectivity index (χ3v) is 2.71. The summed E-state index contributed by atoms with van der Waals surface area (Å²) in [5.74, 6) is -0.103. The van der Waals surface area contributed by atoms with E-state index in [1.807, 2.05) is 0 Å².